The average molecular weight is 202 g/mol. The van der Waals surface area contributed by atoms with Crippen LogP contribution in [0, 0.1) is 5.41 Å². The molecule has 4 N–H and O–H groups in total. The van der Waals surface area contributed by atoms with Gasteiger partial charge in [0.05, 0.1) is 12.1 Å². The van der Waals surface area contributed by atoms with Crippen molar-refractivity contribution in [3.63, 3.8) is 0 Å². The van der Waals surface area contributed by atoms with Crippen molar-refractivity contribution in [3.05, 3.63) is 0 Å². The van der Waals surface area contributed by atoms with Gasteiger partial charge >= 0.3 is 0 Å². The molecule has 0 aliphatic rings. The van der Waals surface area contributed by atoms with Crippen molar-refractivity contribution in [1.82, 2.24) is 5.32 Å². The Morgan fingerprint density at radius 3 is 2.36 bits per heavy atom. The van der Waals surface area contributed by atoms with Gasteiger partial charge in [-0.2, -0.15) is 0 Å². The molecule has 4 heteroatoms. The highest BCUT2D eigenvalue weighted by atomic mass is 16.3. The molecule has 0 fully saturated rings. The molecule has 0 aromatic heterocycles. The third kappa shape index (κ3) is 6.86. The van der Waals surface area contributed by atoms with Crippen LogP contribution < -0.4 is 11.1 Å². The highest BCUT2D eigenvalue weighted by Gasteiger charge is 2.17. The van der Waals surface area contributed by atoms with E-state index < -0.39 is 12.1 Å². The van der Waals surface area contributed by atoms with E-state index in [9.17, 15) is 9.90 Å². The van der Waals surface area contributed by atoms with E-state index >= 15 is 0 Å². The summed E-state index contributed by atoms with van der Waals surface area (Å²) in [5.41, 5.74) is 5.42. The number of rotatable bonds is 4. The third-order valence-electron chi connectivity index (χ3n) is 1.77. The number of nitrogens with one attached hydrogen (secondary N) is 1. The molecule has 0 aliphatic heterocycles. The van der Waals surface area contributed by atoms with Gasteiger partial charge in [0.2, 0.25) is 5.91 Å². The fourth-order valence-electron chi connectivity index (χ4n) is 1.16. The van der Waals surface area contributed by atoms with E-state index in [0.29, 0.717) is 6.42 Å². The molecular weight excluding hydrogens is 180 g/mol. The van der Waals surface area contributed by atoms with Gasteiger partial charge in [0, 0.05) is 6.54 Å². The molecule has 0 bridgehead atoms. The van der Waals surface area contributed by atoms with E-state index in [1.807, 2.05) is 20.8 Å². The molecule has 0 saturated carbocycles. The molecule has 1 unspecified atom stereocenters. The second-order valence-corrected chi connectivity index (χ2v) is 4.95. The summed E-state index contributed by atoms with van der Waals surface area (Å²) in [6.07, 6.45) is 0.157. The Hall–Kier alpha value is -0.610. The molecule has 0 aromatic rings. The summed E-state index contributed by atoms with van der Waals surface area (Å²) in [7, 11) is 0. The molecule has 0 aromatic carbocycles. The summed E-state index contributed by atoms with van der Waals surface area (Å²) in [5.74, 6) is -0.224. The van der Waals surface area contributed by atoms with Crippen molar-refractivity contribution in [1.29, 1.82) is 0 Å². The second-order valence-electron chi connectivity index (χ2n) is 4.95. The third-order valence-corrected chi connectivity index (χ3v) is 1.77. The molecule has 0 saturated heterocycles. The Bertz CT molecular complexity index is 185. The number of aliphatic hydroxyl groups is 1. The summed E-state index contributed by atoms with van der Waals surface area (Å²) < 4.78 is 0. The van der Waals surface area contributed by atoms with Gasteiger partial charge < -0.3 is 16.2 Å². The monoisotopic (exact) mass is 202 g/mol. The number of aliphatic hydroxyl groups excluding tert-OH is 1. The zero-order chi connectivity index (χ0) is 11.4. The molecule has 4 nitrogen and oxygen atoms in total. The summed E-state index contributed by atoms with van der Waals surface area (Å²) in [4.78, 5) is 11.1. The lowest BCUT2D eigenvalue weighted by atomic mass is 9.89. The lowest BCUT2D eigenvalue weighted by Gasteiger charge is -2.22. The second kappa shape index (κ2) is 5.32. The quantitative estimate of drug-likeness (QED) is 0.611. The van der Waals surface area contributed by atoms with E-state index in [1.54, 1.807) is 6.92 Å². The Balaban J connectivity index is 3.75. The van der Waals surface area contributed by atoms with Crippen LogP contribution in [0.4, 0.5) is 0 Å². The summed E-state index contributed by atoms with van der Waals surface area (Å²) >= 11 is 0. The van der Waals surface area contributed by atoms with Gasteiger partial charge in [-0.1, -0.05) is 20.8 Å². The van der Waals surface area contributed by atoms with Crippen LogP contribution in [-0.2, 0) is 4.79 Å². The maximum Gasteiger partial charge on any atom is 0.236 e. The zero-order valence-corrected chi connectivity index (χ0v) is 9.50. The van der Waals surface area contributed by atoms with Gasteiger partial charge in [-0.15, -0.1) is 0 Å². The van der Waals surface area contributed by atoms with Gasteiger partial charge in [-0.05, 0) is 18.8 Å². The minimum atomic E-state index is -0.517. The van der Waals surface area contributed by atoms with Crippen molar-refractivity contribution in [2.24, 2.45) is 11.1 Å². The molecule has 0 heterocycles. The van der Waals surface area contributed by atoms with Gasteiger partial charge in [0.15, 0.2) is 0 Å². The maximum atomic E-state index is 11.1. The fourth-order valence-corrected chi connectivity index (χ4v) is 1.16. The van der Waals surface area contributed by atoms with Crippen molar-refractivity contribution in [2.45, 2.75) is 46.3 Å². The average Bonchev–Trinajstić information content (AvgIpc) is 1.96. The molecule has 0 rings (SSSR count). The van der Waals surface area contributed by atoms with Gasteiger partial charge in [0.1, 0.15) is 0 Å². The minimum absolute atomic E-state index is 0.0679. The van der Waals surface area contributed by atoms with Crippen LogP contribution in [0.1, 0.15) is 34.1 Å². The smallest absolute Gasteiger partial charge is 0.236 e. The van der Waals surface area contributed by atoms with Gasteiger partial charge in [-0.3, -0.25) is 4.79 Å². The molecule has 0 spiro atoms. The van der Waals surface area contributed by atoms with Crippen molar-refractivity contribution in [3.8, 4) is 0 Å². The number of carbonyl (C=O) groups is 1. The number of carbonyl (C=O) groups excluding carboxylic acids is 1. The first-order chi connectivity index (χ1) is 6.22. The highest BCUT2D eigenvalue weighted by Crippen LogP contribution is 2.20. The number of hydrogen-bond acceptors (Lipinski definition) is 3. The lowest BCUT2D eigenvalue weighted by molar-refractivity contribution is -0.122. The number of nitrogens with two attached hydrogens (primary N) is 1. The standard InChI is InChI=1S/C10H22N2O2/c1-7(11)9(14)12-6-8(13)5-10(2,3)4/h7-8,13H,5-6,11H2,1-4H3,(H,12,14)/t7-,8?/m0/s1. The summed E-state index contributed by atoms with van der Waals surface area (Å²) in [6, 6.07) is -0.517. The molecular formula is C10H22N2O2. The predicted octanol–water partition coefficient (Wildman–Crippen LogP) is 0.247. The first-order valence-corrected chi connectivity index (χ1v) is 4.94. The van der Waals surface area contributed by atoms with Crippen LogP contribution in [0.2, 0.25) is 0 Å². The van der Waals surface area contributed by atoms with Crippen LogP contribution in [-0.4, -0.2) is 29.7 Å². The van der Waals surface area contributed by atoms with Crippen LogP contribution in [0.25, 0.3) is 0 Å². The zero-order valence-electron chi connectivity index (χ0n) is 9.50. The van der Waals surface area contributed by atoms with Crippen LogP contribution in [0.3, 0.4) is 0 Å². The SMILES string of the molecule is C[C@H](N)C(=O)NCC(O)CC(C)(C)C. The number of amides is 1. The molecule has 84 valence electrons. The van der Waals surface area contributed by atoms with Crippen molar-refractivity contribution < 1.29 is 9.90 Å². The summed E-state index contributed by atoms with van der Waals surface area (Å²) in [5, 5.41) is 12.2. The topological polar surface area (TPSA) is 75.4 Å². The van der Waals surface area contributed by atoms with E-state index in [2.05, 4.69) is 5.32 Å². The Morgan fingerprint density at radius 1 is 1.50 bits per heavy atom. The van der Waals surface area contributed by atoms with Crippen LogP contribution >= 0.6 is 0 Å². The van der Waals surface area contributed by atoms with E-state index in [0.717, 1.165) is 0 Å². The Morgan fingerprint density at radius 2 is 2.00 bits per heavy atom. The molecule has 2 atom stereocenters. The molecule has 14 heavy (non-hydrogen) atoms. The van der Waals surface area contributed by atoms with Crippen LogP contribution in [0.15, 0.2) is 0 Å². The Kier molecular flexibility index (Phi) is 5.08. The van der Waals surface area contributed by atoms with Crippen molar-refractivity contribution in [2.75, 3.05) is 6.54 Å². The lowest BCUT2D eigenvalue weighted by Crippen LogP contribution is -2.42. The van der Waals surface area contributed by atoms with E-state index in [4.69, 9.17) is 5.73 Å². The van der Waals surface area contributed by atoms with E-state index in [-0.39, 0.29) is 17.9 Å². The van der Waals surface area contributed by atoms with Crippen LogP contribution in [0.5, 0.6) is 0 Å². The summed E-state index contributed by atoms with van der Waals surface area (Å²) in [6.45, 7) is 8.03. The first-order valence-electron chi connectivity index (χ1n) is 4.94. The normalized spacial score (nSPS) is 16.1. The largest absolute Gasteiger partial charge is 0.391 e. The van der Waals surface area contributed by atoms with Gasteiger partial charge in [-0.25, -0.2) is 0 Å². The highest BCUT2D eigenvalue weighted by molar-refractivity contribution is 5.80. The van der Waals surface area contributed by atoms with Gasteiger partial charge in [0.25, 0.3) is 0 Å². The minimum Gasteiger partial charge on any atom is -0.391 e. The fraction of sp³-hybridized carbons (Fsp3) is 0.900. The maximum absolute atomic E-state index is 11.1. The van der Waals surface area contributed by atoms with Crippen molar-refractivity contribution >= 4 is 5.91 Å². The molecule has 0 radical (unpaired) electrons. The molecule has 1 amide bonds. The number of hydrogen-bond donors (Lipinski definition) is 3. The first kappa shape index (κ1) is 13.4. The predicted molar refractivity (Wildman–Crippen MR) is 56.7 cm³/mol. The molecule has 0 aliphatic carbocycles. The van der Waals surface area contributed by atoms with E-state index in [1.165, 1.54) is 0 Å². The Labute approximate surface area is 85.9 Å².